The zero-order chi connectivity index (χ0) is 106. The largest absolute Gasteiger partial charge is 1.00 e. The van der Waals surface area contributed by atoms with Crippen LogP contribution in [0.1, 0.15) is 349 Å². The number of hydrogen-bond acceptors (Lipinski definition) is 14. The van der Waals surface area contributed by atoms with Crippen molar-refractivity contribution < 1.29 is 110 Å². The summed E-state index contributed by atoms with van der Waals surface area (Å²) in [5.74, 6) is 8.07. The molecule has 24 atom stereocenters. The van der Waals surface area contributed by atoms with E-state index in [9.17, 15) is 41.9 Å². The molecule has 8 saturated carbocycles. The molecule has 0 spiro atoms. The van der Waals surface area contributed by atoms with Crippen LogP contribution in [0.2, 0.25) is 72.5 Å². The zero-order valence-electron chi connectivity index (χ0n) is 92.1. The quantitative estimate of drug-likeness (QED) is 0.0109. The molecule has 11 aliphatic rings. The Morgan fingerprint density at radius 2 is 0.832 bits per heavy atom. The first-order chi connectivity index (χ1) is 63.0. The second-order valence-corrected chi connectivity index (χ2v) is 70.2. The van der Waals surface area contributed by atoms with Crippen molar-refractivity contribution in [2.45, 2.75) is 477 Å². The third-order valence-electron chi connectivity index (χ3n) is 35.5. The Hall–Kier alpha value is -3.53. The summed E-state index contributed by atoms with van der Waals surface area (Å²) >= 11 is 3.58. The van der Waals surface area contributed by atoms with Crippen molar-refractivity contribution >= 4 is 84.8 Å². The molecule has 28 heteroatoms. The molecular weight excluding hydrogens is 1960 g/mol. The van der Waals surface area contributed by atoms with Gasteiger partial charge >= 0.3 is 54.4 Å². The Morgan fingerprint density at radius 3 is 1.13 bits per heavy atom. The summed E-state index contributed by atoms with van der Waals surface area (Å²) < 4.78 is 115. The van der Waals surface area contributed by atoms with Crippen molar-refractivity contribution in [3.63, 3.8) is 0 Å². The summed E-state index contributed by atoms with van der Waals surface area (Å²) in [5, 5.41) is 21.3. The number of terminal acetylenes is 1. The molecule has 0 aromatic carbocycles. The van der Waals surface area contributed by atoms with Crippen molar-refractivity contribution in [2.24, 2.45) is 87.3 Å². The van der Waals surface area contributed by atoms with Gasteiger partial charge in [0.15, 0.2) is 33.3 Å². The Morgan fingerprint density at radius 1 is 0.524 bits per heavy atom. The van der Waals surface area contributed by atoms with E-state index in [-0.39, 0.29) is 153 Å². The van der Waals surface area contributed by atoms with Gasteiger partial charge in [-0.3, -0.25) is 9.11 Å². The van der Waals surface area contributed by atoms with Gasteiger partial charge in [-0.25, -0.2) is 14.4 Å². The molecular formula is C115H203BBrF4LiO16SSi4. The maximum absolute atomic E-state index is 12.0. The first kappa shape index (κ1) is 139. The SMILES string of the molecule is C.C.C.C.C#CC[C@H](O[Si](C)(C)C(C)(C)C)[C@H](C)C(C=C)O[Si](C)(C)C(C)(C)C.C=C1C[C@H](C[C@@H](C)[C@H]2CC[C@H]3/C(=C/Br)CCC[C@]23C)OC1=O.C=C1C[C@H](C[C@@H](C)[C@H]2CC[C@H]3/C(=C/C=C4/C[C@@H](O)[C@H](C)[C@H](O)C4=C)CCC[C@]23C)OC1=O.C=C1C[C@H](C[C@@H](C)[C@H]2CC[C@H]3/C(=C/C=C4/C[C@@H](O[Si](C)(C)C(C)(C)C)[C@H](C)[C@H](O[Si](C)(C)C(C)(C)C)C4=C)CCC[C@]23C)OC1=O.CCC.F[B-](F)(F)F.O=S(=O)(O)O.[Li+]. The van der Waals surface area contributed by atoms with Gasteiger partial charge in [0.2, 0.25) is 0 Å². The van der Waals surface area contributed by atoms with Gasteiger partial charge in [0, 0.05) is 60.2 Å². The van der Waals surface area contributed by atoms with E-state index in [2.05, 4.69) is 289 Å². The molecule has 0 amide bonds. The number of fused-ring (bicyclic) bond motifs is 3. The van der Waals surface area contributed by atoms with Gasteiger partial charge in [-0.1, -0.05) is 291 Å². The van der Waals surface area contributed by atoms with Crippen LogP contribution in [0.3, 0.4) is 0 Å². The molecule has 0 aromatic rings. The molecule has 143 heavy (non-hydrogen) atoms. The van der Waals surface area contributed by atoms with Crippen molar-refractivity contribution in [1.29, 1.82) is 0 Å². The molecule has 3 saturated heterocycles. The maximum atomic E-state index is 12.0. The average molecular weight is 2160 g/mol. The number of hydrogen-bond donors (Lipinski definition) is 4. The van der Waals surface area contributed by atoms with Crippen LogP contribution in [-0.2, 0) is 56.7 Å². The number of ether oxygens (including phenoxy) is 3. The number of carbonyl (C=O) groups excluding carboxylic acids is 3. The predicted octanol–water partition coefficient (Wildman–Crippen LogP) is 30.2. The number of aliphatic hydroxyl groups is 2. The summed E-state index contributed by atoms with van der Waals surface area (Å²) in [7, 11) is -18.5. The van der Waals surface area contributed by atoms with Gasteiger partial charge in [-0.05, 0) is 298 Å². The van der Waals surface area contributed by atoms with E-state index < -0.39 is 63.1 Å². The number of halogens is 5. The molecule has 0 bridgehead atoms. The van der Waals surface area contributed by atoms with Crippen LogP contribution in [0, 0.1) is 99.6 Å². The second-order valence-electron chi connectivity index (χ2n) is 49.8. The zero-order valence-corrected chi connectivity index (χ0v) is 98.6. The summed E-state index contributed by atoms with van der Waals surface area (Å²) in [4.78, 5) is 37.4. The van der Waals surface area contributed by atoms with Crippen LogP contribution < -0.4 is 18.9 Å². The molecule has 1 unspecified atom stereocenters. The fourth-order valence-electron chi connectivity index (χ4n) is 23.3. The molecule has 820 valence electrons. The summed E-state index contributed by atoms with van der Waals surface area (Å²) in [6, 6.07) is 0. The van der Waals surface area contributed by atoms with Crippen LogP contribution in [0.15, 0.2) is 131 Å². The third-order valence-corrected chi connectivity index (χ3v) is 54.0. The van der Waals surface area contributed by atoms with Gasteiger partial charge in [-0.15, -0.1) is 18.9 Å². The molecule has 3 heterocycles. The topological polar surface area (TPSA) is 231 Å². The minimum absolute atomic E-state index is 0. The van der Waals surface area contributed by atoms with E-state index in [4.69, 9.17) is 62.4 Å². The first-order valence-corrected chi connectivity index (χ1v) is 65.7. The van der Waals surface area contributed by atoms with Crippen LogP contribution >= 0.6 is 15.9 Å². The van der Waals surface area contributed by atoms with E-state index in [1.165, 1.54) is 107 Å². The van der Waals surface area contributed by atoms with E-state index in [0.29, 0.717) is 94.7 Å². The number of cyclic esters (lactones) is 3. The van der Waals surface area contributed by atoms with Crippen molar-refractivity contribution in [1.82, 2.24) is 0 Å². The van der Waals surface area contributed by atoms with E-state index in [1.807, 2.05) is 13.0 Å². The van der Waals surface area contributed by atoms with E-state index in [1.54, 1.807) is 11.1 Å². The molecule has 0 radical (unpaired) electrons. The average Bonchev–Trinajstić information content (AvgIpc) is 1.64. The van der Waals surface area contributed by atoms with Crippen molar-refractivity contribution in [3.05, 3.63) is 131 Å². The fraction of sp³-hybridized carbons (Fsp3) is 0.765. The van der Waals surface area contributed by atoms with Crippen LogP contribution in [-0.4, -0.2) is 141 Å². The summed E-state index contributed by atoms with van der Waals surface area (Å²) in [6.45, 7) is 95.8. The Balaban J connectivity index is 0.00000184. The molecule has 11 fully saturated rings. The Kier molecular flexibility index (Phi) is 55.0. The van der Waals surface area contributed by atoms with E-state index >= 15 is 0 Å². The second kappa shape index (κ2) is 56.4. The molecule has 16 nitrogen and oxygen atoms in total. The van der Waals surface area contributed by atoms with E-state index in [0.717, 1.165) is 67.1 Å². The smallest absolute Gasteiger partial charge is 0.459 e. The number of allylic oxidation sites excluding steroid dienone is 7. The van der Waals surface area contributed by atoms with Gasteiger partial charge in [0.25, 0.3) is 0 Å². The number of esters is 3. The van der Waals surface area contributed by atoms with Crippen LogP contribution in [0.4, 0.5) is 17.3 Å². The molecule has 3 aliphatic heterocycles. The first-order valence-electron chi connectivity index (χ1n) is 51.8. The molecule has 0 aromatic heterocycles. The molecule has 11 rings (SSSR count). The predicted molar refractivity (Wildman–Crippen MR) is 602 cm³/mol. The molecule has 4 N–H and O–H groups in total. The minimum atomic E-state index is -6.00. The Labute approximate surface area is 895 Å². The Bertz CT molecular complexity index is 4460. The number of rotatable bonds is 23. The number of aliphatic hydroxyl groups excluding tert-OH is 2. The van der Waals surface area contributed by atoms with Crippen LogP contribution in [0.5, 0.6) is 0 Å². The van der Waals surface area contributed by atoms with Gasteiger partial charge in [0.1, 0.15) is 18.3 Å². The van der Waals surface area contributed by atoms with Gasteiger partial charge < -0.3 is 59.4 Å². The third kappa shape index (κ3) is 37.7. The van der Waals surface area contributed by atoms with Crippen LogP contribution in [0.25, 0.3) is 0 Å². The molecule has 8 aliphatic carbocycles. The fourth-order valence-corrected chi connectivity index (χ4v) is 29.4. The monoisotopic (exact) mass is 2160 g/mol. The number of carbonyl (C=O) groups is 3. The van der Waals surface area contributed by atoms with Crippen molar-refractivity contribution in [2.75, 3.05) is 0 Å². The van der Waals surface area contributed by atoms with Gasteiger partial charge in [-0.2, -0.15) is 8.42 Å². The normalized spacial score (nSPS) is 31.6. The maximum Gasteiger partial charge on any atom is 1.00 e. The summed E-state index contributed by atoms with van der Waals surface area (Å²) in [5.41, 5.74) is 11.8. The van der Waals surface area contributed by atoms with Crippen molar-refractivity contribution in [3.8, 4) is 12.3 Å². The standard InChI is InChI=1S/C40H68O4Si2.C28H40O4.C21H42O2Si2.C19H27BrO2.C3H8.4CH4.BF4.Li.H2O4S/c1-26(23-32-24-27(2)37(41)42-32)33-20-21-34-30(17-16-22-40(33,34)11)18-19-31-25-35(43-45(12,13)38(5,6)7)29(4)36(28(31)3)44-46(14,15)39(8,9)10;1-16(13-22-14-17(2)27(31)32-22)23-10-11-24-20(7-6-12-28(23,24)5)8-9-21-15-25(29)19(4)26(30)18(21)3;1-14-16-19(23-25(12,13)21(7,8)9)17(3)18(15-2)22-24(10,11)20(4,5)6;1-12(9-15-10-13(2)18(21)22-15)16-6-7-17-14(11-20)5-4-8-19(16,17)3;1-3-2;;;;;2-1(3,4)5;;1-5(2,3)4/h18-19,26,29,32-36H,2-3,16-17,20-25H2,1,4-15H3;8-9,16,19,22-26,29-30H,2-3,6-7,10-15H2,1,4-5H3;1,15,17-19H,2,16H2,3-13H3;11-12,15-17H,2,4-10H2,1,3H3;3H2,1-2H3;4*1H4;;;(H2,1,2,3,4)/q;;;;;;;;;-1;+1;/b30-18+,31-19-;20-8+,21-9-;;14-11+;;;;;;;;/t26-,29+,32+,33-,34+,35-,36-,40-;16-,19+,22+,23-,24+,25-,26-,28-;17-,18?,19+;12-,15+,16-,17+,19-;;;;;;;;/m1111......../s1. The van der Waals surface area contributed by atoms with Gasteiger partial charge in [0.05, 0.1) is 36.6 Å². The minimum Gasteiger partial charge on any atom is -0.459 e. The summed E-state index contributed by atoms with van der Waals surface area (Å²) in [6.07, 6.45) is 42.9.